The van der Waals surface area contributed by atoms with E-state index in [0.29, 0.717) is 22.2 Å². The lowest BCUT2D eigenvalue weighted by Crippen LogP contribution is -2.42. The highest BCUT2D eigenvalue weighted by atomic mass is 35.5. The molecule has 0 saturated heterocycles. The van der Waals surface area contributed by atoms with Crippen molar-refractivity contribution in [1.82, 2.24) is 10.9 Å². The van der Waals surface area contributed by atoms with Gasteiger partial charge in [0.1, 0.15) is 11.6 Å². The van der Waals surface area contributed by atoms with E-state index in [1.165, 1.54) is 18.2 Å². The molecule has 0 saturated carbocycles. The van der Waals surface area contributed by atoms with Crippen LogP contribution in [0.5, 0.6) is 5.75 Å². The van der Waals surface area contributed by atoms with E-state index in [-0.39, 0.29) is 30.9 Å². The Morgan fingerprint density at radius 3 is 2.50 bits per heavy atom. The first-order valence-electron chi connectivity index (χ1n) is 7.84. The molecule has 2 amide bonds. The molecule has 0 heterocycles. The fourth-order valence-corrected chi connectivity index (χ4v) is 2.53. The number of rotatable bonds is 7. The van der Waals surface area contributed by atoms with Crippen LogP contribution in [0.25, 0.3) is 0 Å². The van der Waals surface area contributed by atoms with Gasteiger partial charge in [0.25, 0.3) is 0 Å². The van der Waals surface area contributed by atoms with Crippen LogP contribution in [0, 0.1) is 5.82 Å². The molecule has 138 valence electrons. The van der Waals surface area contributed by atoms with Gasteiger partial charge in [-0.15, -0.1) is 0 Å². The quantitative estimate of drug-likeness (QED) is 0.552. The Morgan fingerprint density at radius 1 is 1.04 bits per heavy atom. The van der Waals surface area contributed by atoms with E-state index in [2.05, 4.69) is 10.9 Å². The highest BCUT2D eigenvalue weighted by molar-refractivity contribution is 6.35. The first-order valence-corrected chi connectivity index (χ1v) is 8.60. The van der Waals surface area contributed by atoms with Gasteiger partial charge in [0.05, 0.1) is 18.1 Å². The highest BCUT2D eigenvalue weighted by Gasteiger charge is 2.09. The summed E-state index contributed by atoms with van der Waals surface area (Å²) in [5, 5.41) is 0.898. The van der Waals surface area contributed by atoms with Gasteiger partial charge in [-0.1, -0.05) is 41.4 Å². The van der Waals surface area contributed by atoms with Crippen LogP contribution in [0.15, 0.2) is 42.5 Å². The van der Waals surface area contributed by atoms with Crippen molar-refractivity contribution in [3.05, 3.63) is 63.9 Å². The van der Waals surface area contributed by atoms with Crippen molar-refractivity contribution in [3.63, 3.8) is 0 Å². The molecule has 2 rings (SSSR count). The number of ether oxygens (including phenoxy) is 1. The molecule has 0 aliphatic carbocycles. The van der Waals surface area contributed by atoms with Crippen LogP contribution >= 0.6 is 23.2 Å². The average molecular weight is 399 g/mol. The van der Waals surface area contributed by atoms with Gasteiger partial charge in [-0.3, -0.25) is 20.4 Å². The average Bonchev–Trinajstić information content (AvgIpc) is 2.60. The maximum atomic E-state index is 13.4. The van der Waals surface area contributed by atoms with Crippen LogP contribution in [0.2, 0.25) is 10.0 Å². The molecule has 8 heteroatoms. The second kappa shape index (κ2) is 9.99. The minimum Gasteiger partial charge on any atom is -0.492 e. The van der Waals surface area contributed by atoms with Crippen molar-refractivity contribution in [2.24, 2.45) is 0 Å². The normalized spacial score (nSPS) is 10.3. The third-order valence-electron chi connectivity index (χ3n) is 3.35. The van der Waals surface area contributed by atoms with Gasteiger partial charge in [-0.2, -0.15) is 0 Å². The molecule has 26 heavy (non-hydrogen) atoms. The second-order valence-corrected chi connectivity index (χ2v) is 6.23. The lowest BCUT2D eigenvalue weighted by Gasteiger charge is -2.09. The van der Waals surface area contributed by atoms with E-state index in [4.69, 9.17) is 27.9 Å². The van der Waals surface area contributed by atoms with Crippen molar-refractivity contribution >= 4 is 35.0 Å². The zero-order valence-electron chi connectivity index (χ0n) is 13.7. The Bertz CT molecular complexity index is 787. The maximum absolute atomic E-state index is 13.4. The van der Waals surface area contributed by atoms with Crippen molar-refractivity contribution in [3.8, 4) is 5.75 Å². The van der Waals surface area contributed by atoms with Gasteiger partial charge in [-0.25, -0.2) is 4.39 Å². The molecular formula is C18H17Cl2FN2O3. The lowest BCUT2D eigenvalue weighted by atomic mass is 10.1. The van der Waals surface area contributed by atoms with E-state index >= 15 is 0 Å². The third-order valence-corrected chi connectivity index (χ3v) is 3.88. The van der Waals surface area contributed by atoms with Crippen LogP contribution in [0.3, 0.4) is 0 Å². The summed E-state index contributed by atoms with van der Waals surface area (Å²) in [7, 11) is 0. The number of amides is 2. The number of nitrogens with one attached hydrogen (secondary N) is 2. The standard InChI is InChI=1S/C18H17Cl2FN2O3/c19-13-7-8-16(14(20)11-13)26-9-3-6-17(24)22-23-18(25)10-12-4-1-2-5-15(12)21/h1-2,4-5,7-8,11H,3,6,9-10H2,(H,22,24)(H,23,25). The molecule has 0 radical (unpaired) electrons. The zero-order chi connectivity index (χ0) is 18.9. The fraction of sp³-hybridized carbons (Fsp3) is 0.222. The molecular weight excluding hydrogens is 382 g/mol. The fourth-order valence-electron chi connectivity index (χ4n) is 2.07. The Morgan fingerprint density at radius 2 is 1.77 bits per heavy atom. The van der Waals surface area contributed by atoms with Crippen molar-refractivity contribution in [2.45, 2.75) is 19.3 Å². The van der Waals surface area contributed by atoms with E-state index in [9.17, 15) is 14.0 Å². The summed E-state index contributed by atoms with van der Waals surface area (Å²) in [6.45, 7) is 0.276. The van der Waals surface area contributed by atoms with E-state index in [1.807, 2.05) is 0 Å². The van der Waals surface area contributed by atoms with Gasteiger partial charge in [0.2, 0.25) is 11.8 Å². The molecule has 0 aliphatic heterocycles. The van der Waals surface area contributed by atoms with Crippen molar-refractivity contribution in [1.29, 1.82) is 0 Å². The van der Waals surface area contributed by atoms with Crippen LogP contribution < -0.4 is 15.6 Å². The molecule has 2 aromatic rings. The Balaban J connectivity index is 1.64. The monoisotopic (exact) mass is 398 g/mol. The molecule has 2 aromatic carbocycles. The van der Waals surface area contributed by atoms with Gasteiger partial charge < -0.3 is 4.74 Å². The molecule has 0 atom stereocenters. The van der Waals surface area contributed by atoms with Crippen LogP contribution in [0.1, 0.15) is 18.4 Å². The van der Waals surface area contributed by atoms with Crippen LogP contribution in [-0.2, 0) is 16.0 Å². The first kappa shape index (κ1) is 20.0. The number of hydrogen-bond acceptors (Lipinski definition) is 3. The maximum Gasteiger partial charge on any atom is 0.242 e. The molecule has 0 spiro atoms. The van der Waals surface area contributed by atoms with Crippen LogP contribution in [-0.4, -0.2) is 18.4 Å². The summed E-state index contributed by atoms with van der Waals surface area (Å²) >= 11 is 11.8. The Labute approximate surface area is 160 Å². The zero-order valence-corrected chi connectivity index (χ0v) is 15.2. The summed E-state index contributed by atoms with van der Waals surface area (Å²) in [5.74, 6) is -0.869. The topological polar surface area (TPSA) is 67.4 Å². The van der Waals surface area contributed by atoms with E-state index in [0.717, 1.165) is 0 Å². The largest absolute Gasteiger partial charge is 0.492 e. The molecule has 0 aromatic heterocycles. The number of halogens is 3. The van der Waals surface area contributed by atoms with E-state index in [1.54, 1.807) is 24.3 Å². The minimum absolute atomic E-state index is 0.144. The SMILES string of the molecule is O=C(CCCOc1ccc(Cl)cc1Cl)NNC(=O)Cc1ccccc1F. The van der Waals surface area contributed by atoms with Gasteiger partial charge in [-0.05, 0) is 36.2 Å². The predicted molar refractivity (Wildman–Crippen MR) is 97.6 cm³/mol. The summed E-state index contributed by atoms with van der Waals surface area (Å²) in [4.78, 5) is 23.4. The summed E-state index contributed by atoms with van der Waals surface area (Å²) in [6.07, 6.45) is 0.407. The van der Waals surface area contributed by atoms with Crippen molar-refractivity contribution in [2.75, 3.05) is 6.61 Å². The molecule has 0 unspecified atom stereocenters. The third kappa shape index (κ3) is 6.54. The van der Waals surface area contributed by atoms with Gasteiger partial charge in [0, 0.05) is 11.4 Å². The van der Waals surface area contributed by atoms with Gasteiger partial charge in [0.15, 0.2) is 0 Å². The molecule has 2 N–H and O–H groups in total. The number of hydrazine groups is 1. The second-order valence-electron chi connectivity index (χ2n) is 5.39. The predicted octanol–water partition coefficient (Wildman–Crippen LogP) is 3.68. The summed E-state index contributed by atoms with van der Waals surface area (Å²) < 4.78 is 18.9. The number of hydrogen-bond donors (Lipinski definition) is 2. The molecule has 5 nitrogen and oxygen atoms in total. The Hall–Kier alpha value is -2.31. The smallest absolute Gasteiger partial charge is 0.242 e. The Kier molecular flexibility index (Phi) is 7.69. The number of benzene rings is 2. The van der Waals surface area contributed by atoms with Crippen molar-refractivity contribution < 1.29 is 18.7 Å². The summed E-state index contributed by atoms with van der Waals surface area (Å²) in [5.41, 5.74) is 4.79. The molecule has 0 bridgehead atoms. The number of carbonyl (C=O) groups excluding carboxylic acids is 2. The van der Waals surface area contributed by atoms with Gasteiger partial charge >= 0.3 is 0 Å². The highest BCUT2D eigenvalue weighted by Crippen LogP contribution is 2.27. The lowest BCUT2D eigenvalue weighted by molar-refractivity contribution is -0.128. The van der Waals surface area contributed by atoms with Crippen LogP contribution in [0.4, 0.5) is 4.39 Å². The van der Waals surface area contributed by atoms with E-state index < -0.39 is 11.7 Å². The minimum atomic E-state index is -0.507. The first-order chi connectivity index (χ1) is 12.5. The summed E-state index contributed by atoms with van der Waals surface area (Å²) in [6, 6.07) is 10.8. The number of carbonyl (C=O) groups is 2. The molecule has 0 aliphatic rings. The molecule has 0 fully saturated rings.